The van der Waals surface area contributed by atoms with Crippen molar-refractivity contribution in [1.29, 1.82) is 0 Å². The van der Waals surface area contributed by atoms with Crippen LogP contribution in [-0.2, 0) is 11.2 Å². The van der Waals surface area contributed by atoms with E-state index in [-0.39, 0.29) is 5.54 Å². The predicted molar refractivity (Wildman–Crippen MR) is 73.4 cm³/mol. The first-order valence-corrected chi connectivity index (χ1v) is 6.26. The van der Waals surface area contributed by atoms with Gasteiger partial charge in [0, 0.05) is 12.6 Å². The first-order valence-electron chi connectivity index (χ1n) is 6.26. The fourth-order valence-corrected chi connectivity index (χ4v) is 2.41. The van der Waals surface area contributed by atoms with Gasteiger partial charge in [0.2, 0.25) is 0 Å². The van der Waals surface area contributed by atoms with Crippen LogP contribution in [0.3, 0.4) is 0 Å². The summed E-state index contributed by atoms with van der Waals surface area (Å²) in [7, 11) is 1.71. The number of methoxy groups -OCH3 is 1. The largest absolute Gasteiger partial charge is 0.383 e. The maximum Gasteiger partial charge on any atom is 0.0645 e. The van der Waals surface area contributed by atoms with Gasteiger partial charge in [-0.25, -0.2) is 0 Å². The highest BCUT2D eigenvalue weighted by Gasteiger charge is 2.24. The number of hydrogen-bond acceptors (Lipinski definition) is 2. The van der Waals surface area contributed by atoms with E-state index in [0.29, 0.717) is 6.61 Å². The van der Waals surface area contributed by atoms with Crippen LogP contribution in [0.25, 0.3) is 0 Å². The van der Waals surface area contributed by atoms with Crippen LogP contribution in [0.2, 0.25) is 0 Å². The number of hydrogen-bond donors (Lipinski definition) is 1. The minimum Gasteiger partial charge on any atom is -0.383 e. The molecule has 0 saturated carbocycles. The van der Waals surface area contributed by atoms with Gasteiger partial charge in [-0.1, -0.05) is 24.6 Å². The average molecular weight is 235 g/mol. The quantitative estimate of drug-likeness (QED) is 0.851. The second-order valence-electron chi connectivity index (χ2n) is 5.20. The van der Waals surface area contributed by atoms with E-state index in [0.717, 1.165) is 12.8 Å². The molecule has 1 unspecified atom stereocenters. The zero-order valence-corrected chi connectivity index (χ0v) is 11.8. The molecule has 0 aliphatic rings. The standard InChI is InChI=1S/C15H25NO/c1-6-15(16,10-17-5)9-14-12(3)7-11(2)8-13(14)4/h7-8H,6,9-10,16H2,1-5H3. The molecule has 0 aliphatic carbocycles. The molecule has 0 amide bonds. The minimum absolute atomic E-state index is 0.250. The maximum atomic E-state index is 6.39. The van der Waals surface area contributed by atoms with E-state index in [9.17, 15) is 0 Å². The highest BCUT2D eigenvalue weighted by Crippen LogP contribution is 2.22. The normalized spacial score (nSPS) is 14.7. The molecular weight excluding hydrogens is 210 g/mol. The Hall–Kier alpha value is -0.860. The monoisotopic (exact) mass is 235 g/mol. The van der Waals surface area contributed by atoms with Gasteiger partial charge in [0.15, 0.2) is 0 Å². The first kappa shape index (κ1) is 14.2. The molecule has 0 spiro atoms. The molecule has 0 fully saturated rings. The van der Waals surface area contributed by atoms with Crippen LogP contribution in [0.5, 0.6) is 0 Å². The predicted octanol–water partition coefficient (Wildman–Crippen LogP) is 2.91. The average Bonchev–Trinajstić information content (AvgIpc) is 2.24. The zero-order chi connectivity index (χ0) is 13.1. The molecule has 0 heterocycles. The highest BCUT2D eigenvalue weighted by atomic mass is 16.5. The third kappa shape index (κ3) is 3.55. The Morgan fingerprint density at radius 3 is 2.12 bits per heavy atom. The van der Waals surface area contributed by atoms with Gasteiger partial charge < -0.3 is 10.5 Å². The lowest BCUT2D eigenvalue weighted by atomic mass is 9.85. The molecule has 1 aromatic carbocycles. The molecule has 2 nitrogen and oxygen atoms in total. The fraction of sp³-hybridized carbons (Fsp3) is 0.600. The summed E-state index contributed by atoms with van der Waals surface area (Å²) < 4.78 is 5.25. The summed E-state index contributed by atoms with van der Waals surface area (Å²) in [5.74, 6) is 0. The molecule has 0 saturated heterocycles. The lowest BCUT2D eigenvalue weighted by molar-refractivity contribution is 0.129. The Morgan fingerprint density at radius 1 is 1.18 bits per heavy atom. The molecule has 1 rings (SSSR count). The van der Waals surface area contributed by atoms with Crippen molar-refractivity contribution < 1.29 is 4.74 Å². The minimum atomic E-state index is -0.250. The van der Waals surface area contributed by atoms with Crippen molar-refractivity contribution in [2.45, 2.75) is 46.1 Å². The van der Waals surface area contributed by atoms with Gasteiger partial charge >= 0.3 is 0 Å². The van der Waals surface area contributed by atoms with Gasteiger partial charge in [-0.2, -0.15) is 0 Å². The van der Waals surface area contributed by atoms with Crippen molar-refractivity contribution in [2.75, 3.05) is 13.7 Å². The Labute approximate surface area is 105 Å². The van der Waals surface area contributed by atoms with Gasteiger partial charge in [0.1, 0.15) is 0 Å². The van der Waals surface area contributed by atoms with E-state index in [1.165, 1.54) is 22.3 Å². The molecule has 0 bridgehead atoms. The third-order valence-corrected chi connectivity index (χ3v) is 3.51. The smallest absolute Gasteiger partial charge is 0.0645 e. The maximum absolute atomic E-state index is 6.39. The summed E-state index contributed by atoms with van der Waals surface area (Å²) >= 11 is 0. The van der Waals surface area contributed by atoms with Crippen LogP contribution >= 0.6 is 0 Å². The molecule has 2 N–H and O–H groups in total. The van der Waals surface area contributed by atoms with Crippen molar-refractivity contribution >= 4 is 0 Å². The Kier molecular flexibility index (Phi) is 4.72. The number of benzene rings is 1. The molecular formula is C15H25NO. The molecule has 0 aliphatic heterocycles. The van der Waals surface area contributed by atoms with Crippen LogP contribution in [0, 0.1) is 20.8 Å². The molecule has 0 aromatic heterocycles. The second kappa shape index (κ2) is 5.65. The third-order valence-electron chi connectivity index (χ3n) is 3.51. The summed E-state index contributed by atoms with van der Waals surface area (Å²) in [6.45, 7) is 9.19. The number of rotatable bonds is 5. The molecule has 96 valence electrons. The Balaban J connectivity index is 3.01. The second-order valence-corrected chi connectivity index (χ2v) is 5.20. The van der Waals surface area contributed by atoms with E-state index in [1.807, 2.05) is 0 Å². The summed E-state index contributed by atoms with van der Waals surface area (Å²) in [6.07, 6.45) is 1.81. The van der Waals surface area contributed by atoms with Crippen LogP contribution < -0.4 is 5.73 Å². The van der Waals surface area contributed by atoms with E-state index in [2.05, 4.69) is 39.8 Å². The zero-order valence-electron chi connectivity index (χ0n) is 11.8. The van der Waals surface area contributed by atoms with Crippen LogP contribution in [0.4, 0.5) is 0 Å². The van der Waals surface area contributed by atoms with Gasteiger partial charge in [-0.15, -0.1) is 0 Å². The van der Waals surface area contributed by atoms with Crippen molar-refractivity contribution in [3.05, 3.63) is 34.4 Å². The lowest BCUT2D eigenvalue weighted by Crippen LogP contribution is -2.46. The van der Waals surface area contributed by atoms with Gasteiger partial charge in [0.05, 0.1) is 6.61 Å². The Morgan fingerprint density at radius 2 is 1.71 bits per heavy atom. The van der Waals surface area contributed by atoms with E-state index in [4.69, 9.17) is 10.5 Å². The van der Waals surface area contributed by atoms with Crippen LogP contribution in [0.1, 0.15) is 35.6 Å². The topological polar surface area (TPSA) is 35.2 Å². The molecule has 1 aromatic rings. The van der Waals surface area contributed by atoms with Gasteiger partial charge in [-0.05, 0) is 50.3 Å². The summed E-state index contributed by atoms with van der Waals surface area (Å²) in [5.41, 5.74) is 11.5. The number of aryl methyl sites for hydroxylation is 3. The highest BCUT2D eigenvalue weighted by molar-refractivity contribution is 5.38. The summed E-state index contributed by atoms with van der Waals surface area (Å²) in [5, 5.41) is 0. The van der Waals surface area contributed by atoms with Gasteiger partial charge in [0.25, 0.3) is 0 Å². The fourth-order valence-electron chi connectivity index (χ4n) is 2.41. The van der Waals surface area contributed by atoms with E-state index >= 15 is 0 Å². The molecule has 1 atom stereocenters. The van der Waals surface area contributed by atoms with Crippen LogP contribution in [-0.4, -0.2) is 19.3 Å². The van der Waals surface area contributed by atoms with Gasteiger partial charge in [-0.3, -0.25) is 0 Å². The SMILES string of the molecule is CCC(N)(COC)Cc1c(C)cc(C)cc1C. The number of nitrogens with two attached hydrogens (primary N) is 1. The van der Waals surface area contributed by atoms with Crippen molar-refractivity contribution in [2.24, 2.45) is 5.73 Å². The summed E-state index contributed by atoms with van der Waals surface area (Å²) in [6, 6.07) is 4.45. The van der Waals surface area contributed by atoms with Crippen molar-refractivity contribution in [1.82, 2.24) is 0 Å². The van der Waals surface area contributed by atoms with Crippen molar-refractivity contribution in [3.8, 4) is 0 Å². The summed E-state index contributed by atoms with van der Waals surface area (Å²) in [4.78, 5) is 0. The molecule has 0 radical (unpaired) electrons. The van der Waals surface area contributed by atoms with Crippen LogP contribution in [0.15, 0.2) is 12.1 Å². The molecule has 17 heavy (non-hydrogen) atoms. The first-order chi connectivity index (χ1) is 7.91. The number of ether oxygens (including phenoxy) is 1. The lowest BCUT2D eigenvalue weighted by Gasteiger charge is -2.29. The van der Waals surface area contributed by atoms with E-state index < -0.39 is 0 Å². The molecule has 2 heteroatoms. The van der Waals surface area contributed by atoms with E-state index in [1.54, 1.807) is 7.11 Å². The Bertz CT molecular complexity index is 364. The van der Waals surface area contributed by atoms with Crippen molar-refractivity contribution in [3.63, 3.8) is 0 Å².